The second-order valence-electron chi connectivity index (χ2n) is 6.86. The number of carbonyl (C=O) groups excluding carboxylic acids is 1. The molecule has 2 N–H and O–H groups in total. The fourth-order valence-corrected chi connectivity index (χ4v) is 3.51. The van der Waals surface area contributed by atoms with Crippen molar-refractivity contribution in [2.45, 2.75) is 25.3 Å². The topological polar surface area (TPSA) is 67.2 Å². The van der Waals surface area contributed by atoms with Crippen molar-refractivity contribution in [1.82, 2.24) is 15.6 Å². The Morgan fingerprint density at radius 1 is 1.17 bits per heavy atom. The van der Waals surface area contributed by atoms with Crippen LogP contribution in [0.3, 0.4) is 0 Å². The second kappa shape index (κ2) is 11.1. The van der Waals surface area contributed by atoms with E-state index in [1.54, 1.807) is 18.2 Å². The van der Waals surface area contributed by atoms with Crippen LogP contribution in [-0.2, 0) is 17.6 Å². The summed E-state index contributed by atoms with van der Waals surface area (Å²) in [6.07, 6.45) is 3.14. The molecule has 0 bridgehead atoms. The fraction of sp³-hybridized carbons (Fsp3) is 0.273. The van der Waals surface area contributed by atoms with E-state index < -0.39 is 0 Å². The number of amides is 1. The Balaban J connectivity index is 0.00000160. The number of aryl methyl sites for hydroxylation is 1. The van der Waals surface area contributed by atoms with E-state index in [0.717, 1.165) is 13.0 Å². The van der Waals surface area contributed by atoms with Crippen molar-refractivity contribution in [3.63, 3.8) is 0 Å². The standard InChI is InChI=1S/C22H22FN3O2.2ClH/c23-18-8-4-3-7-17(18)20-14-26-22(28-20)10-9-21(27)25-13-19-16-6-2-1-5-15(16)11-12-24-19;;/h1-8,14,19,24H,9-13H2,(H,25,27);2*1H. The van der Waals surface area contributed by atoms with Gasteiger partial charge in [0.05, 0.1) is 11.8 Å². The fourth-order valence-electron chi connectivity index (χ4n) is 3.51. The molecule has 0 saturated heterocycles. The number of hydrogen-bond acceptors (Lipinski definition) is 4. The maximum absolute atomic E-state index is 13.8. The summed E-state index contributed by atoms with van der Waals surface area (Å²) in [5, 5.41) is 6.43. The van der Waals surface area contributed by atoms with Gasteiger partial charge >= 0.3 is 0 Å². The van der Waals surface area contributed by atoms with E-state index >= 15 is 0 Å². The first kappa shape index (κ1) is 23.9. The minimum Gasteiger partial charge on any atom is -0.441 e. The van der Waals surface area contributed by atoms with Crippen LogP contribution >= 0.6 is 24.8 Å². The van der Waals surface area contributed by atoms with Crippen LogP contribution in [0, 0.1) is 5.82 Å². The average molecular weight is 452 g/mol. The lowest BCUT2D eigenvalue weighted by Crippen LogP contribution is -2.38. The quantitative estimate of drug-likeness (QED) is 0.587. The van der Waals surface area contributed by atoms with Crippen LogP contribution in [0.15, 0.2) is 59.1 Å². The molecular formula is C22H24Cl2FN3O2. The maximum atomic E-state index is 13.8. The molecule has 2 aromatic carbocycles. The van der Waals surface area contributed by atoms with Gasteiger partial charge in [-0.1, -0.05) is 36.4 Å². The predicted octanol–water partition coefficient (Wildman–Crippen LogP) is 4.26. The van der Waals surface area contributed by atoms with Gasteiger partial charge in [0.25, 0.3) is 0 Å². The molecule has 5 nitrogen and oxygen atoms in total. The molecule has 1 aliphatic rings. The van der Waals surface area contributed by atoms with Gasteiger partial charge in [-0.2, -0.15) is 0 Å². The maximum Gasteiger partial charge on any atom is 0.220 e. The number of nitrogens with zero attached hydrogens (tertiary/aromatic N) is 1. The molecular weight excluding hydrogens is 428 g/mol. The van der Waals surface area contributed by atoms with E-state index in [1.165, 1.54) is 23.4 Å². The van der Waals surface area contributed by atoms with Crippen molar-refractivity contribution >= 4 is 30.7 Å². The Labute approximate surface area is 187 Å². The third-order valence-corrected chi connectivity index (χ3v) is 4.98. The summed E-state index contributed by atoms with van der Waals surface area (Å²) >= 11 is 0. The summed E-state index contributed by atoms with van der Waals surface area (Å²) in [4.78, 5) is 16.4. The molecule has 2 heterocycles. The van der Waals surface area contributed by atoms with Crippen LogP contribution in [-0.4, -0.2) is 24.0 Å². The SMILES string of the molecule is Cl.Cl.O=C(CCc1ncc(-c2ccccc2F)o1)NCC1NCCc2ccccc21. The molecule has 3 aromatic rings. The van der Waals surface area contributed by atoms with Gasteiger partial charge in [-0.15, -0.1) is 24.8 Å². The second-order valence-corrected chi connectivity index (χ2v) is 6.86. The molecule has 0 radical (unpaired) electrons. The van der Waals surface area contributed by atoms with Gasteiger partial charge in [0, 0.05) is 25.4 Å². The molecule has 160 valence electrons. The van der Waals surface area contributed by atoms with Crippen LogP contribution in [0.1, 0.15) is 29.5 Å². The Morgan fingerprint density at radius 3 is 2.77 bits per heavy atom. The largest absolute Gasteiger partial charge is 0.441 e. The van der Waals surface area contributed by atoms with E-state index in [1.807, 2.05) is 12.1 Å². The van der Waals surface area contributed by atoms with Gasteiger partial charge in [-0.25, -0.2) is 9.37 Å². The van der Waals surface area contributed by atoms with Gasteiger partial charge < -0.3 is 15.1 Å². The van der Waals surface area contributed by atoms with E-state index in [9.17, 15) is 9.18 Å². The number of aromatic nitrogens is 1. The van der Waals surface area contributed by atoms with Gasteiger partial charge in [0.2, 0.25) is 5.91 Å². The van der Waals surface area contributed by atoms with Gasteiger partial charge in [0.15, 0.2) is 11.7 Å². The lowest BCUT2D eigenvalue weighted by atomic mass is 9.94. The molecule has 0 spiro atoms. The Hall–Kier alpha value is -2.41. The van der Waals surface area contributed by atoms with Crippen molar-refractivity contribution in [1.29, 1.82) is 0 Å². The highest BCUT2D eigenvalue weighted by molar-refractivity contribution is 5.85. The van der Waals surface area contributed by atoms with Crippen molar-refractivity contribution in [3.05, 3.63) is 77.6 Å². The number of halogens is 3. The summed E-state index contributed by atoms with van der Waals surface area (Å²) in [6.45, 7) is 1.45. The molecule has 1 atom stereocenters. The lowest BCUT2D eigenvalue weighted by molar-refractivity contribution is -0.121. The highest BCUT2D eigenvalue weighted by Crippen LogP contribution is 2.24. The molecule has 4 rings (SSSR count). The first-order chi connectivity index (χ1) is 13.7. The number of rotatable bonds is 6. The number of hydrogen-bond donors (Lipinski definition) is 2. The number of carbonyl (C=O) groups is 1. The van der Waals surface area contributed by atoms with Crippen LogP contribution in [0.4, 0.5) is 4.39 Å². The van der Waals surface area contributed by atoms with Crippen LogP contribution in [0.5, 0.6) is 0 Å². The monoisotopic (exact) mass is 451 g/mol. The van der Waals surface area contributed by atoms with Crippen LogP contribution in [0.25, 0.3) is 11.3 Å². The van der Waals surface area contributed by atoms with Crippen LogP contribution < -0.4 is 10.6 Å². The smallest absolute Gasteiger partial charge is 0.220 e. The molecule has 1 aromatic heterocycles. The first-order valence-electron chi connectivity index (χ1n) is 9.48. The predicted molar refractivity (Wildman–Crippen MR) is 119 cm³/mol. The molecule has 1 unspecified atom stereocenters. The van der Waals surface area contributed by atoms with E-state index in [-0.39, 0.29) is 49.0 Å². The lowest BCUT2D eigenvalue weighted by Gasteiger charge is -2.27. The van der Waals surface area contributed by atoms with Gasteiger partial charge in [-0.05, 0) is 36.2 Å². The number of fused-ring (bicyclic) bond motifs is 1. The highest BCUT2D eigenvalue weighted by Gasteiger charge is 2.19. The molecule has 30 heavy (non-hydrogen) atoms. The van der Waals surface area contributed by atoms with Gasteiger partial charge in [0.1, 0.15) is 5.82 Å². The summed E-state index contributed by atoms with van der Waals surface area (Å²) in [5.74, 6) is 0.379. The van der Waals surface area contributed by atoms with E-state index in [4.69, 9.17) is 4.42 Å². The molecule has 1 aliphatic heterocycles. The Kier molecular flexibility index (Phi) is 8.84. The highest BCUT2D eigenvalue weighted by atomic mass is 35.5. The Morgan fingerprint density at radius 2 is 1.93 bits per heavy atom. The molecule has 0 saturated carbocycles. The molecule has 0 aliphatic carbocycles. The van der Waals surface area contributed by atoms with Crippen molar-refractivity contribution in [3.8, 4) is 11.3 Å². The molecule has 1 amide bonds. The summed E-state index contributed by atoms with van der Waals surface area (Å²) < 4.78 is 19.4. The zero-order valence-corrected chi connectivity index (χ0v) is 17.9. The van der Waals surface area contributed by atoms with Crippen LogP contribution in [0.2, 0.25) is 0 Å². The zero-order valence-electron chi connectivity index (χ0n) is 16.3. The van der Waals surface area contributed by atoms with Crippen molar-refractivity contribution in [2.24, 2.45) is 0 Å². The average Bonchev–Trinajstić information content (AvgIpc) is 3.20. The van der Waals surface area contributed by atoms with E-state index in [0.29, 0.717) is 30.2 Å². The first-order valence-corrected chi connectivity index (χ1v) is 9.48. The van der Waals surface area contributed by atoms with Crippen molar-refractivity contribution < 1.29 is 13.6 Å². The minimum atomic E-state index is -0.358. The summed E-state index contributed by atoms with van der Waals surface area (Å²) in [5.41, 5.74) is 2.95. The number of benzene rings is 2. The zero-order chi connectivity index (χ0) is 19.3. The third-order valence-electron chi connectivity index (χ3n) is 4.98. The third kappa shape index (κ3) is 5.59. The van der Waals surface area contributed by atoms with Gasteiger partial charge in [-0.3, -0.25) is 4.79 Å². The molecule has 8 heteroatoms. The number of nitrogens with one attached hydrogen (secondary N) is 2. The Bertz CT molecular complexity index is 980. The van der Waals surface area contributed by atoms with E-state index in [2.05, 4.69) is 27.8 Å². The van der Waals surface area contributed by atoms with Crippen molar-refractivity contribution in [2.75, 3.05) is 13.1 Å². The summed E-state index contributed by atoms with van der Waals surface area (Å²) in [6, 6.07) is 14.8. The minimum absolute atomic E-state index is 0. The molecule has 0 fully saturated rings. The number of oxazole rings is 1. The summed E-state index contributed by atoms with van der Waals surface area (Å²) in [7, 11) is 0. The normalized spacial score (nSPS) is 14.8.